The number of fused-ring (bicyclic) bond motifs is 1. The number of aromatic nitrogens is 1. The number of hydrogen-bond acceptors (Lipinski definition) is 4. The number of nitrogens with one attached hydrogen (secondary N) is 1. The van der Waals surface area contributed by atoms with Crippen LogP contribution in [0.2, 0.25) is 0 Å². The van der Waals surface area contributed by atoms with Crippen LogP contribution in [0, 0.1) is 11.3 Å². The lowest BCUT2D eigenvalue weighted by Gasteiger charge is -2.09. The minimum absolute atomic E-state index is 0.707. The second-order valence-corrected chi connectivity index (χ2v) is 5.95. The summed E-state index contributed by atoms with van der Waals surface area (Å²) in [5.74, 6) is 0. The molecule has 0 atom stereocenters. The molecule has 0 bridgehead atoms. The van der Waals surface area contributed by atoms with Crippen molar-refractivity contribution in [2.75, 3.05) is 5.32 Å². The first-order valence-corrected chi connectivity index (χ1v) is 7.72. The van der Waals surface area contributed by atoms with Gasteiger partial charge in [0.15, 0.2) is 0 Å². The standard InChI is InChI=1S/C17H15N3S/c1-2-13-10-20-17(21-13)11-19-16-8-7-12(9-18)14-5-3-4-6-15(14)16/h3-8,10,19H,2,11H2,1H3. The van der Waals surface area contributed by atoms with Crippen molar-refractivity contribution in [1.29, 1.82) is 5.26 Å². The van der Waals surface area contributed by atoms with Gasteiger partial charge in [0.05, 0.1) is 18.2 Å². The summed E-state index contributed by atoms with van der Waals surface area (Å²) in [6.45, 7) is 2.85. The Balaban J connectivity index is 1.89. The van der Waals surface area contributed by atoms with E-state index in [1.165, 1.54) is 4.88 Å². The Morgan fingerprint density at radius 2 is 2.00 bits per heavy atom. The van der Waals surface area contributed by atoms with Crippen LogP contribution in [0.3, 0.4) is 0 Å². The number of aryl methyl sites for hydroxylation is 1. The summed E-state index contributed by atoms with van der Waals surface area (Å²) in [5, 5.41) is 15.8. The molecule has 1 heterocycles. The molecular formula is C17H15N3S. The summed E-state index contributed by atoms with van der Waals surface area (Å²) in [4.78, 5) is 5.72. The van der Waals surface area contributed by atoms with Crippen molar-refractivity contribution >= 4 is 27.8 Å². The van der Waals surface area contributed by atoms with E-state index in [1.807, 2.05) is 42.6 Å². The van der Waals surface area contributed by atoms with Gasteiger partial charge in [-0.25, -0.2) is 4.98 Å². The van der Waals surface area contributed by atoms with Crippen molar-refractivity contribution in [2.24, 2.45) is 0 Å². The van der Waals surface area contributed by atoms with E-state index in [1.54, 1.807) is 11.3 Å². The molecule has 0 aliphatic heterocycles. The highest BCUT2D eigenvalue weighted by atomic mass is 32.1. The summed E-state index contributed by atoms with van der Waals surface area (Å²) in [6.07, 6.45) is 2.97. The molecule has 0 aliphatic rings. The predicted octanol–water partition coefficient (Wildman–Crippen LogP) is 4.34. The van der Waals surface area contributed by atoms with Crippen LogP contribution in [0.4, 0.5) is 5.69 Å². The number of rotatable bonds is 4. The quantitative estimate of drug-likeness (QED) is 0.778. The minimum atomic E-state index is 0.707. The van der Waals surface area contributed by atoms with Gasteiger partial charge in [0.1, 0.15) is 5.01 Å². The number of thiazole rings is 1. The van der Waals surface area contributed by atoms with E-state index in [4.69, 9.17) is 0 Å². The number of benzene rings is 2. The summed E-state index contributed by atoms with van der Waals surface area (Å²) < 4.78 is 0. The Kier molecular flexibility index (Phi) is 3.85. The van der Waals surface area contributed by atoms with Crippen LogP contribution in [0.15, 0.2) is 42.6 Å². The third-order valence-electron chi connectivity index (χ3n) is 3.42. The Hall–Kier alpha value is -2.38. The van der Waals surface area contributed by atoms with Gasteiger partial charge in [-0.15, -0.1) is 11.3 Å². The first-order valence-electron chi connectivity index (χ1n) is 6.91. The molecule has 104 valence electrons. The third kappa shape index (κ3) is 2.74. The maximum absolute atomic E-state index is 9.19. The van der Waals surface area contributed by atoms with Gasteiger partial charge in [0.2, 0.25) is 0 Å². The molecule has 3 aromatic rings. The SMILES string of the molecule is CCc1cnc(CNc2ccc(C#N)c3ccccc23)s1. The first kappa shape index (κ1) is 13.6. The van der Waals surface area contributed by atoms with Gasteiger partial charge < -0.3 is 5.32 Å². The average molecular weight is 293 g/mol. The normalized spacial score (nSPS) is 10.5. The molecule has 0 saturated carbocycles. The van der Waals surface area contributed by atoms with E-state index in [2.05, 4.69) is 23.3 Å². The van der Waals surface area contributed by atoms with Crippen LogP contribution < -0.4 is 5.32 Å². The van der Waals surface area contributed by atoms with Crippen LogP contribution in [0.5, 0.6) is 0 Å². The van der Waals surface area contributed by atoms with Crippen molar-refractivity contribution < 1.29 is 0 Å². The Morgan fingerprint density at radius 1 is 1.19 bits per heavy atom. The highest BCUT2D eigenvalue weighted by Gasteiger charge is 2.06. The Morgan fingerprint density at radius 3 is 2.71 bits per heavy atom. The van der Waals surface area contributed by atoms with E-state index in [-0.39, 0.29) is 0 Å². The summed E-state index contributed by atoms with van der Waals surface area (Å²) in [6, 6.07) is 14.1. The second kappa shape index (κ2) is 5.94. The van der Waals surface area contributed by atoms with Gasteiger partial charge in [-0.3, -0.25) is 0 Å². The van der Waals surface area contributed by atoms with Crippen LogP contribution in [0.1, 0.15) is 22.4 Å². The van der Waals surface area contributed by atoms with E-state index >= 15 is 0 Å². The van der Waals surface area contributed by atoms with Crippen LogP contribution in [0.25, 0.3) is 10.8 Å². The van der Waals surface area contributed by atoms with Crippen LogP contribution >= 0.6 is 11.3 Å². The highest BCUT2D eigenvalue weighted by Crippen LogP contribution is 2.27. The minimum Gasteiger partial charge on any atom is -0.378 e. The fourth-order valence-electron chi connectivity index (χ4n) is 2.31. The molecule has 0 fully saturated rings. The summed E-state index contributed by atoms with van der Waals surface area (Å²) in [7, 11) is 0. The topological polar surface area (TPSA) is 48.7 Å². The second-order valence-electron chi connectivity index (χ2n) is 4.75. The van der Waals surface area contributed by atoms with Gasteiger partial charge in [0, 0.05) is 27.5 Å². The molecule has 2 aromatic carbocycles. The molecule has 0 amide bonds. The van der Waals surface area contributed by atoms with Crippen molar-refractivity contribution in [1.82, 2.24) is 4.98 Å². The molecule has 1 aromatic heterocycles. The molecule has 0 saturated heterocycles. The molecule has 0 unspecified atom stereocenters. The smallest absolute Gasteiger partial charge is 0.112 e. The zero-order valence-corrected chi connectivity index (χ0v) is 12.6. The molecule has 3 rings (SSSR count). The maximum atomic E-state index is 9.19. The zero-order valence-electron chi connectivity index (χ0n) is 11.8. The largest absolute Gasteiger partial charge is 0.378 e. The van der Waals surface area contributed by atoms with E-state index in [0.29, 0.717) is 12.1 Å². The van der Waals surface area contributed by atoms with Gasteiger partial charge in [-0.05, 0) is 18.6 Å². The predicted molar refractivity (Wildman–Crippen MR) is 87.5 cm³/mol. The monoisotopic (exact) mass is 293 g/mol. The number of nitriles is 1. The van der Waals surface area contributed by atoms with E-state index < -0.39 is 0 Å². The molecule has 21 heavy (non-hydrogen) atoms. The van der Waals surface area contributed by atoms with Gasteiger partial charge in [-0.2, -0.15) is 5.26 Å². The van der Waals surface area contributed by atoms with Crippen molar-refractivity contribution in [3.8, 4) is 6.07 Å². The molecule has 0 spiro atoms. The number of nitrogens with zero attached hydrogens (tertiary/aromatic N) is 2. The lowest BCUT2D eigenvalue weighted by molar-refractivity contribution is 1.10. The Bertz CT molecular complexity index is 814. The molecule has 1 N–H and O–H groups in total. The lowest BCUT2D eigenvalue weighted by atomic mass is 10.0. The highest BCUT2D eigenvalue weighted by molar-refractivity contribution is 7.11. The molecule has 0 radical (unpaired) electrons. The van der Waals surface area contributed by atoms with Gasteiger partial charge >= 0.3 is 0 Å². The fourth-order valence-corrected chi connectivity index (χ4v) is 3.12. The number of hydrogen-bond donors (Lipinski definition) is 1. The van der Waals surface area contributed by atoms with Crippen molar-refractivity contribution in [2.45, 2.75) is 19.9 Å². The van der Waals surface area contributed by atoms with Crippen molar-refractivity contribution in [3.05, 3.63) is 58.0 Å². The third-order valence-corrected chi connectivity index (χ3v) is 4.57. The first-order chi connectivity index (χ1) is 10.3. The van der Waals surface area contributed by atoms with Crippen LogP contribution in [-0.4, -0.2) is 4.98 Å². The number of anilines is 1. The van der Waals surface area contributed by atoms with Crippen molar-refractivity contribution in [3.63, 3.8) is 0 Å². The summed E-state index contributed by atoms with van der Waals surface area (Å²) in [5.41, 5.74) is 1.75. The lowest BCUT2D eigenvalue weighted by Crippen LogP contribution is -1.99. The van der Waals surface area contributed by atoms with Gasteiger partial charge in [0.25, 0.3) is 0 Å². The fraction of sp³-hybridized carbons (Fsp3) is 0.176. The zero-order chi connectivity index (χ0) is 14.7. The molecular weight excluding hydrogens is 278 g/mol. The summed E-state index contributed by atoms with van der Waals surface area (Å²) >= 11 is 1.74. The maximum Gasteiger partial charge on any atom is 0.112 e. The van der Waals surface area contributed by atoms with Gasteiger partial charge in [-0.1, -0.05) is 31.2 Å². The molecule has 0 aliphatic carbocycles. The Labute approximate surface area is 127 Å². The molecule has 4 heteroatoms. The van der Waals surface area contributed by atoms with E-state index in [0.717, 1.165) is 27.9 Å². The van der Waals surface area contributed by atoms with Crippen LogP contribution in [-0.2, 0) is 13.0 Å². The van der Waals surface area contributed by atoms with E-state index in [9.17, 15) is 5.26 Å². The average Bonchev–Trinajstić information content (AvgIpc) is 3.00. The molecule has 3 nitrogen and oxygen atoms in total.